The van der Waals surface area contributed by atoms with Gasteiger partial charge in [-0.25, -0.2) is 4.79 Å². The van der Waals surface area contributed by atoms with E-state index < -0.39 is 67.8 Å². The minimum Gasteiger partial charge on any atom is -0.444 e. The highest BCUT2D eigenvalue weighted by Gasteiger charge is 2.65. The molecule has 10 heteroatoms. The Kier molecular flexibility index (Phi) is 7.79. The molecule has 3 saturated heterocycles. The highest BCUT2D eigenvalue weighted by Crippen LogP contribution is 2.50. The van der Waals surface area contributed by atoms with Gasteiger partial charge in [0.2, 0.25) is 5.91 Å². The Balaban J connectivity index is 1.66. The lowest BCUT2D eigenvalue weighted by Crippen LogP contribution is -2.69. The van der Waals surface area contributed by atoms with Gasteiger partial charge in [0.15, 0.2) is 0 Å². The van der Waals surface area contributed by atoms with Gasteiger partial charge in [0, 0.05) is 6.54 Å². The molecule has 3 fully saturated rings. The Morgan fingerprint density at radius 3 is 1.86 bits per heavy atom. The number of likely N-dealkylation sites (tertiary alicyclic amines) is 1. The van der Waals surface area contributed by atoms with E-state index in [1.807, 2.05) is 36.4 Å². The Bertz CT molecular complexity index is 1250. The van der Waals surface area contributed by atoms with Gasteiger partial charge in [0.25, 0.3) is 8.32 Å². The van der Waals surface area contributed by atoms with Gasteiger partial charge in [-0.2, -0.15) is 13.2 Å². The number of rotatable bonds is 5. The van der Waals surface area contributed by atoms with Crippen molar-refractivity contribution in [1.29, 1.82) is 0 Å². The summed E-state index contributed by atoms with van der Waals surface area (Å²) < 4.78 is 53.9. The summed E-state index contributed by atoms with van der Waals surface area (Å²) in [5.74, 6) is -0.996. The van der Waals surface area contributed by atoms with Gasteiger partial charge in [-0.1, -0.05) is 81.4 Å². The third-order valence-electron chi connectivity index (χ3n) is 8.80. The van der Waals surface area contributed by atoms with Gasteiger partial charge in [-0.15, -0.1) is 0 Å². The molecular weight excluding hydrogens is 561 g/mol. The first-order valence-electron chi connectivity index (χ1n) is 14.7. The zero-order valence-corrected chi connectivity index (χ0v) is 26.1. The van der Waals surface area contributed by atoms with Crippen molar-refractivity contribution < 1.29 is 31.9 Å². The second kappa shape index (κ2) is 10.7. The van der Waals surface area contributed by atoms with Gasteiger partial charge in [-0.05, 0) is 54.9 Å². The molecule has 3 bridgehead atoms. The van der Waals surface area contributed by atoms with E-state index in [4.69, 9.17) is 9.16 Å². The lowest BCUT2D eigenvalue weighted by molar-refractivity contribution is -0.166. The average molecular weight is 603 g/mol. The van der Waals surface area contributed by atoms with Crippen LogP contribution in [0.2, 0.25) is 5.04 Å². The standard InChI is InChI=1S/C32H41F3N2O4Si/c1-30(2,3)40-29(39)37-24-17-21-18-25(37)28(27(24)36(20-21)26(38)19-32(33,34)35)41-42(31(4,5)6,22-13-9-7-10-14-22)23-15-11-8-12-16-23/h7-16,21,24-25,27-28H,17-20H2,1-6H3. The van der Waals surface area contributed by atoms with Crippen LogP contribution in [-0.4, -0.2) is 72.7 Å². The van der Waals surface area contributed by atoms with Crippen molar-refractivity contribution in [1.82, 2.24) is 9.80 Å². The predicted octanol–water partition coefficient (Wildman–Crippen LogP) is 5.49. The lowest BCUT2D eigenvalue weighted by atomic mass is 9.86. The number of alkyl halides is 3. The number of ether oxygens (including phenoxy) is 1. The monoisotopic (exact) mass is 602 g/mol. The minimum absolute atomic E-state index is 0.0279. The van der Waals surface area contributed by atoms with Crippen LogP contribution in [0.25, 0.3) is 0 Å². The Labute approximate surface area is 247 Å². The molecule has 0 aromatic heterocycles. The molecule has 6 nitrogen and oxygen atoms in total. The molecule has 2 aromatic carbocycles. The second-order valence-corrected chi connectivity index (χ2v) is 18.2. The third kappa shape index (κ3) is 5.59. The zero-order chi connectivity index (χ0) is 30.7. The Morgan fingerprint density at radius 1 is 0.857 bits per heavy atom. The quantitative estimate of drug-likeness (QED) is 0.425. The van der Waals surface area contributed by atoms with Crippen LogP contribution in [0.15, 0.2) is 60.7 Å². The summed E-state index contributed by atoms with van der Waals surface area (Å²) in [6.07, 6.45) is -6.24. The fourth-order valence-electron chi connectivity index (χ4n) is 7.40. The van der Waals surface area contributed by atoms with E-state index in [1.165, 1.54) is 4.90 Å². The Hall–Kier alpha value is -2.85. The van der Waals surface area contributed by atoms with Crippen LogP contribution in [0.3, 0.4) is 0 Å². The van der Waals surface area contributed by atoms with E-state index in [-0.39, 0.29) is 12.5 Å². The second-order valence-electron chi connectivity index (χ2n) is 13.9. The van der Waals surface area contributed by atoms with Gasteiger partial charge in [0.1, 0.15) is 12.0 Å². The molecule has 2 aromatic rings. The first-order chi connectivity index (χ1) is 19.5. The number of halogens is 3. The molecule has 3 heterocycles. The van der Waals surface area contributed by atoms with Crippen LogP contribution in [-0.2, 0) is 14.0 Å². The van der Waals surface area contributed by atoms with E-state index in [1.54, 1.807) is 25.7 Å². The molecule has 0 radical (unpaired) electrons. The zero-order valence-electron chi connectivity index (χ0n) is 25.1. The topological polar surface area (TPSA) is 59.1 Å². The maximum Gasteiger partial charge on any atom is 0.410 e. The molecule has 0 aliphatic carbocycles. The number of hydrogen-bond acceptors (Lipinski definition) is 4. The maximum absolute atomic E-state index is 13.7. The summed E-state index contributed by atoms with van der Waals surface area (Å²) >= 11 is 0. The van der Waals surface area contributed by atoms with Crippen LogP contribution < -0.4 is 10.4 Å². The molecule has 42 heavy (non-hydrogen) atoms. The highest BCUT2D eigenvalue weighted by atomic mass is 28.4. The van der Waals surface area contributed by atoms with Crippen LogP contribution in [0.1, 0.15) is 60.8 Å². The van der Waals surface area contributed by atoms with Gasteiger partial charge in [-0.3, -0.25) is 9.69 Å². The van der Waals surface area contributed by atoms with E-state index >= 15 is 0 Å². The number of fused-ring (bicyclic) bond motifs is 2. The van der Waals surface area contributed by atoms with E-state index in [9.17, 15) is 22.8 Å². The van der Waals surface area contributed by atoms with Crippen molar-refractivity contribution in [3.63, 3.8) is 0 Å². The van der Waals surface area contributed by atoms with Crippen LogP contribution in [0.5, 0.6) is 0 Å². The van der Waals surface area contributed by atoms with Gasteiger partial charge in [0.05, 0.1) is 24.2 Å². The SMILES string of the molecule is CC(C)(C)OC(=O)N1C2CC3CC1C(C2O[Si](c1ccccc1)(c1ccccc1)C(C)(C)C)N(C(=O)CC(F)(F)F)C3. The summed E-state index contributed by atoms with van der Waals surface area (Å²) in [6.45, 7) is 12.0. The number of hydrogen-bond donors (Lipinski definition) is 0. The molecule has 5 atom stereocenters. The smallest absolute Gasteiger partial charge is 0.410 e. The first kappa shape index (κ1) is 30.6. The molecule has 0 saturated carbocycles. The first-order valence-corrected chi connectivity index (χ1v) is 16.6. The highest BCUT2D eigenvalue weighted by molar-refractivity contribution is 6.99. The summed E-state index contributed by atoms with van der Waals surface area (Å²) in [4.78, 5) is 30.0. The van der Waals surface area contributed by atoms with Crippen LogP contribution in [0, 0.1) is 5.92 Å². The summed E-state index contributed by atoms with van der Waals surface area (Å²) in [5.41, 5.74) is -0.757. The molecule has 0 N–H and O–H groups in total. The van der Waals surface area contributed by atoms with Crippen molar-refractivity contribution in [2.24, 2.45) is 5.92 Å². The molecule has 5 unspecified atom stereocenters. The van der Waals surface area contributed by atoms with Crippen molar-refractivity contribution in [3.8, 4) is 0 Å². The number of piperidine rings is 2. The fourth-order valence-corrected chi connectivity index (χ4v) is 12.1. The molecule has 228 valence electrons. The number of carbonyl (C=O) groups is 2. The van der Waals surface area contributed by atoms with Gasteiger partial charge < -0.3 is 14.1 Å². The summed E-state index contributed by atoms with van der Waals surface area (Å²) in [5, 5.41) is 1.65. The molecule has 3 aliphatic rings. The maximum atomic E-state index is 13.7. The van der Waals surface area contributed by atoms with Crippen LogP contribution >= 0.6 is 0 Å². The lowest BCUT2D eigenvalue weighted by Gasteiger charge is -2.47. The van der Waals surface area contributed by atoms with E-state index in [2.05, 4.69) is 45.0 Å². The predicted molar refractivity (Wildman–Crippen MR) is 157 cm³/mol. The third-order valence-corrected chi connectivity index (χ3v) is 13.8. The average Bonchev–Trinajstić information content (AvgIpc) is 2.98. The van der Waals surface area contributed by atoms with Crippen molar-refractivity contribution >= 4 is 30.7 Å². The van der Waals surface area contributed by atoms with Crippen LogP contribution in [0.4, 0.5) is 18.0 Å². The largest absolute Gasteiger partial charge is 0.444 e. The van der Waals surface area contributed by atoms with Crippen molar-refractivity contribution in [2.45, 2.75) is 102 Å². The molecule has 0 spiro atoms. The van der Waals surface area contributed by atoms with E-state index in [0.717, 1.165) is 10.4 Å². The van der Waals surface area contributed by atoms with E-state index in [0.29, 0.717) is 12.8 Å². The summed E-state index contributed by atoms with van der Waals surface area (Å²) in [7, 11) is -3.18. The Morgan fingerprint density at radius 2 is 1.38 bits per heavy atom. The van der Waals surface area contributed by atoms with Crippen molar-refractivity contribution in [2.75, 3.05) is 6.54 Å². The molecule has 2 amide bonds. The minimum atomic E-state index is -4.63. The number of benzene rings is 2. The number of carbonyl (C=O) groups excluding carboxylic acids is 2. The molecule has 5 rings (SSSR count). The number of nitrogens with zero attached hydrogens (tertiary/aromatic N) is 2. The molecule has 3 aliphatic heterocycles. The normalized spacial score (nSPS) is 26.0. The number of amides is 2. The fraction of sp³-hybridized carbons (Fsp3) is 0.562. The summed E-state index contributed by atoms with van der Waals surface area (Å²) in [6, 6.07) is 18.4. The van der Waals surface area contributed by atoms with Gasteiger partial charge >= 0.3 is 12.3 Å². The van der Waals surface area contributed by atoms with Crippen molar-refractivity contribution in [3.05, 3.63) is 60.7 Å². The molecular formula is C32H41F3N2O4Si.